The Balaban J connectivity index is 1.69. The zero-order valence-corrected chi connectivity index (χ0v) is 18.7. The summed E-state index contributed by atoms with van der Waals surface area (Å²) in [5.41, 5.74) is 3.97. The predicted molar refractivity (Wildman–Crippen MR) is 123 cm³/mol. The summed E-state index contributed by atoms with van der Waals surface area (Å²) < 4.78 is 14.6. The number of alkyl halides is 1. The molecule has 1 unspecified atom stereocenters. The molecule has 1 aliphatic rings. The van der Waals surface area contributed by atoms with E-state index in [1.165, 1.54) is 10.4 Å². The van der Waals surface area contributed by atoms with Crippen molar-refractivity contribution in [2.24, 2.45) is 5.92 Å². The van der Waals surface area contributed by atoms with Crippen LogP contribution in [0.5, 0.6) is 0 Å². The molecule has 0 radical (unpaired) electrons. The lowest BCUT2D eigenvalue weighted by atomic mass is 9.94. The molecule has 33 heavy (non-hydrogen) atoms. The highest BCUT2D eigenvalue weighted by molar-refractivity contribution is 5.98. The summed E-state index contributed by atoms with van der Waals surface area (Å²) in [6, 6.07) is 16.5. The number of amides is 3. The standard InChI is InChI=1S/C25H30FN3O4/c1-2-3-10-20(22(26)24(31)28-33)25(32)29-16-7-11-21(29)23(30)27-19-14-12-18(13-15-19)17-8-5-4-6-9-17/h4-6,8-9,12-15,20-22,33H,2-3,7,10-11,16H2,1H3,(H,27,30)(H,28,31)/t20-,21?,22-/m1/s1. The largest absolute Gasteiger partial charge is 0.330 e. The summed E-state index contributed by atoms with van der Waals surface area (Å²) in [5, 5.41) is 11.6. The number of hydroxylamine groups is 1. The van der Waals surface area contributed by atoms with Gasteiger partial charge in [0.25, 0.3) is 5.91 Å². The highest BCUT2D eigenvalue weighted by Gasteiger charge is 2.41. The maximum atomic E-state index is 14.6. The summed E-state index contributed by atoms with van der Waals surface area (Å²) in [6.45, 7) is 2.22. The van der Waals surface area contributed by atoms with Gasteiger partial charge in [-0.15, -0.1) is 0 Å². The van der Waals surface area contributed by atoms with Crippen LogP contribution in [0.4, 0.5) is 10.1 Å². The van der Waals surface area contributed by atoms with Gasteiger partial charge in [0.2, 0.25) is 11.8 Å². The molecule has 176 valence electrons. The van der Waals surface area contributed by atoms with Crippen LogP contribution < -0.4 is 10.8 Å². The van der Waals surface area contributed by atoms with Crippen LogP contribution in [-0.4, -0.2) is 46.6 Å². The molecule has 1 fully saturated rings. The maximum absolute atomic E-state index is 14.6. The zero-order chi connectivity index (χ0) is 23.8. The van der Waals surface area contributed by atoms with Crippen LogP contribution in [0.25, 0.3) is 11.1 Å². The van der Waals surface area contributed by atoms with E-state index >= 15 is 0 Å². The Morgan fingerprint density at radius 3 is 2.39 bits per heavy atom. The number of nitrogens with zero attached hydrogens (tertiary/aromatic N) is 1. The van der Waals surface area contributed by atoms with Crippen molar-refractivity contribution in [2.45, 2.75) is 51.2 Å². The van der Waals surface area contributed by atoms with Gasteiger partial charge in [0.05, 0.1) is 5.92 Å². The summed E-state index contributed by atoms with van der Waals surface area (Å²) in [7, 11) is 0. The molecule has 0 aromatic heterocycles. The fourth-order valence-corrected chi connectivity index (χ4v) is 4.18. The molecule has 7 nitrogen and oxygen atoms in total. The number of carbonyl (C=O) groups excluding carboxylic acids is 3. The lowest BCUT2D eigenvalue weighted by Crippen LogP contribution is -2.49. The number of rotatable bonds is 9. The van der Waals surface area contributed by atoms with Crippen molar-refractivity contribution < 1.29 is 24.0 Å². The number of anilines is 1. The monoisotopic (exact) mass is 455 g/mol. The molecule has 3 amide bonds. The highest BCUT2D eigenvalue weighted by atomic mass is 19.1. The van der Waals surface area contributed by atoms with Crippen molar-refractivity contribution >= 4 is 23.4 Å². The molecule has 1 saturated heterocycles. The molecule has 0 bridgehead atoms. The smallest absolute Gasteiger partial charge is 0.278 e. The minimum atomic E-state index is -2.18. The first-order valence-electron chi connectivity index (χ1n) is 11.3. The van der Waals surface area contributed by atoms with Gasteiger partial charge in [-0.2, -0.15) is 0 Å². The average Bonchev–Trinajstić information content (AvgIpc) is 3.34. The molecule has 0 saturated carbocycles. The molecule has 1 aliphatic heterocycles. The number of hydrogen-bond donors (Lipinski definition) is 3. The van der Waals surface area contributed by atoms with Crippen LogP contribution in [0, 0.1) is 5.92 Å². The summed E-state index contributed by atoms with van der Waals surface area (Å²) in [6.07, 6.45) is 0.331. The van der Waals surface area contributed by atoms with Gasteiger partial charge in [0, 0.05) is 12.2 Å². The van der Waals surface area contributed by atoms with Crippen molar-refractivity contribution in [1.82, 2.24) is 10.4 Å². The molecule has 0 spiro atoms. The van der Waals surface area contributed by atoms with Crippen molar-refractivity contribution in [3.05, 3.63) is 54.6 Å². The highest BCUT2D eigenvalue weighted by Crippen LogP contribution is 2.27. The summed E-state index contributed by atoms with van der Waals surface area (Å²) in [5.74, 6) is -3.40. The van der Waals surface area contributed by atoms with Crippen molar-refractivity contribution in [3.63, 3.8) is 0 Å². The molecule has 1 heterocycles. The third kappa shape index (κ3) is 5.96. The average molecular weight is 456 g/mol. The maximum Gasteiger partial charge on any atom is 0.278 e. The zero-order valence-electron chi connectivity index (χ0n) is 18.7. The predicted octanol–water partition coefficient (Wildman–Crippen LogP) is 3.93. The minimum Gasteiger partial charge on any atom is -0.330 e. The molecule has 3 rings (SSSR count). The topological polar surface area (TPSA) is 98.7 Å². The Morgan fingerprint density at radius 2 is 1.76 bits per heavy atom. The molecule has 3 N–H and O–H groups in total. The number of unbranched alkanes of at least 4 members (excludes halogenated alkanes) is 1. The van der Waals surface area contributed by atoms with Crippen LogP contribution in [-0.2, 0) is 14.4 Å². The molecule has 0 aliphatic carbocycles. The molecule has 3 atom stereocenters. The second kappa shape index (κ2) is 11.6. The second-order valence-electron chi connectivity index (χ2n) is 8.25. The number of likely N-dealkylation sites (tertiary alicyclic amines) is 1. The molecule has 8 heteroatoms. The van der Waals surface area contributed by atoms with Gasteiger partial charge >= 0.3 is 0 Å². The van der Waals surface area contributed by atoms with E-state index in [2.05, 4.69) is 5.32 Å². The van der Waals surface area contributed by atoms with Gasteiger partial charge in [-0.25, -0.2) is 9.87 Å². The van der Waals surface area contributed by atoms with Gasteiger partial charge in [-0.05, 0) is 42.5 Å². The minimum absolute atomic E-state index is 0.162. The Labute approximate surface area is 192 Å². The quantitative estimate of drug-likeness (QED) is 0.394. The number of nitrogens with one attached hydrogen (secondary N) is 2. The number of halogens is 1. The Kier molecular flexibility index (Phi) is 8.54. The number of benzene rings is 2. The lowest BCUT2D eigenvalue weighted by Gasteiger charge is -2.29. The Morgan fingerprint density at radius 1 is 1.09 bits per heavy atom. The van der Waals surface area contributed by atoms with E-state index in [0.717, 1.165) is 17.5 Å². The van der Waals surface area contributed by atoms with Crippen LogP contribution in [0.3, 0.4) is 0 Å². The normalized spacial score (nSPS) is 17.3. The van der Waals surface area contributed by atoms with Gasteiger partial charge in [0.15, 0.2) is 6.17 Å². The summed E-state index contributed by atoms with van der Waals surface area (Å²) >= 11 is 0. The Bertz CT molecular complexity index is 952. The van der Waals surface area contributed by atoms with Crippen molar-refractivity contribution in [3.8, 4) is 11.1 Å². The third-order valence-electron chi connectivity index (χ3n) is 6.00. The SMILES string of the molecule is CCCC[C@@H](C(=O)N1CCCC1C(=O)Nc1ccc(-c2ccccc2)cc1)[C@@H](F)C(=O)NO. The molecule has 2 aromatic carbocycles. The van der Waals surface area contributed by atoms with Gasteiger partial charge in [-0.1, -0.05) is 62.2 Å². The first kappa shape index (κ1) is 24.4. The van der Waals surface area contributed by atoms with E-state index in [1.54, 1.807) is 12.1 Å². The van der Waals surface area contributed by atoms with Gasteiger partial charge < -0.3 is 10.2 Å². The van der Waals surface area contributed by atoms with E-state index in [9.17, 15) is 18.8 Å². The fraction of sp³-hybridized carbons (Fsp3) is 0.400. The summed E-state index contributed by atoms with van der Waals surface area (Å²) in [4.78, 5) is 39.1. The second-order valence-corrected chi connectivity index (χ2v) is 8.25. The van der Waals surface area contributed by atoms with Gasteiger partial charge in [-0.3, -0.25) is 19.6 Å². The van der Waals surface area contributed by atoms with Crippen LogP contribution in [0.2, 0.25) is 0 Å². The van der Waals surface area contributed by atoms with Crippen LogP contribution >= 0.6 is 0 Å². The lowest BCUT2D eigenvalue weighted by molar-refractivity contribution is -0.148. The van der Waals surface area contributed by atoms with Crippen LogP contribution in [0.1, 0.15) is 39.0 Å². The molecular formula is C25H30FN3O4. The van der Waals surface area contributed by atoms with E-state index in [1.807, 2.05) is 49.4 Å². The third-order valence-corrected chi connectivity index (χ3v) is 6.00. The van der Waals surface area contributed by atoms with Crippen molar-refractivity contribution in [2.75, 3.05) is 11.9 Å². The number of hydrogen-bond acceptors (Lipinski definition) is 4. The van der Waals surface area contributed by atoms with Crippen LogP contribution in [0.15, 0.2) is 54.6 Å². The van der Waals surface area contributed by atoms with E-state index < -0.39 is 29.9 Å². The van der Waals surface area contributed by atoms with Gasteiger partial charge in [0.1, 0.15) is 6.04 Å². The van der Waals surface area contributed by atoms with E-state index in [4.69, 9.17) is 5.21 Å². The number of carbonyl (C=O) groups is 3. The van der Waals surface area contributed by atoms with Crippen molar-refractivity contribution in [1.29, 1.82) is 0 Å². The first-order chi connectivity index (χ1) is 16.0. The Hall–Kier alpha value is -3.26. The van der Waals surface area contributed by atoms with E-state index in [0.29, 0.717) is 31.5 Å². The molecular weight excluding hydrogens is 425 g/mol. The molecule has 2 aromatic rings. The fourth-order valence-electron chi connectivity index (χ4n) is 4.18. The first-order valence-corrected chi connectivity index (χ1v) is 11.3. The van der Waals surface area contributed by atoms with E-state index in [-0.39, 0.29) is 12.3 Å².